The van der Waals surface area contributed by atoms with Gasteiger partial charge in [0.1, 0.15) is 0 Å². The van der Waals surface area contributed by atoms with Gasteiger partial charge in [-0.2, -0.15) is 0 Å². The molecule has 0 atom stereocenters. The van der Waals surface area contributed by atoms with Crippen LogP contribution in [-0.2, 0) is 4.79 Å². The average molecular weight is 350 g/mol. The minimum absolute atomic E-state index is 0.0385. The number of hydrogen-bond acceptors (Lipinski definition) is 6. The molecule has 1 amide bonds. The van der Waals surface area contributed by atoms with Crippen molar-refractivity contribution >= 4 is 28.9 Å². The van der Waals surface area contributed by atoms with E-state index in [1.165, 1.54) is 11.8 Å². The van der Waals surface area contributed by atoms with Crippen LogP contribution in [0, 0.1) is 0 Å². The molecule has 1 heterocycles. The zero-order chi connectivity index (χ0) is 17.7. The van der Waals surface area contributed by atoms with E-state index in [9.17, 15) is 4.79 Å². The van der Waals surface area contributed by atoms with E-state index in [0.717, 1.165) is 10.7 Å². The third kappa shape index (κ3) is 3.51. The van der Waals surface area contributed by atoms with Crippen LogP contribution >= 0.6 is 11.8 Å². The normalized spacial score (nSPS) is 17.7. The van der Waals surface area contributed by atoms with Crippen molar-refractivity contribution in [2.45, 2.75) is 13.8 Å². The van der Waals surface area contributed by atoms with Gasteiger partial charge in [-0.15, -0.1) is 0 Å². The lowest BCUT2D eigenvalue weighted by Crippen LogP contribution is -2.28. The van der Waals surface area contributed by atoms with Gasteiger partial charge in [-0.25, -0.2) is 0 Å². The standard InChI is InChI=1S/C17H22N2O4S/c1-6-18-17-19(7-2)16(20)14(24-17)10-11-8-12(21-3)15(23-5)13(9-11)22-4/h8-10H,6-7H2,1-5H3/b14-10+,18-17?. The van der Waals surface area contributed by atoms with Crippen LogP contribution in [-0.4, -0.2) is 50.4 Å². The van der Waals surface area contributed by atoms with Crippen molar-refractivity contribution in [2.24, 2.45) is 4.99 Å². The Kier molecular flexibility index (Phi) is 6.14. The number of amidine groups is 1. The minimum Gasteiger partial charge on any atom is -0.493 e. The highest BCUT2D eigenvalue weighted by Gasteiger charge is 2.31. The summed E-state index contributed by atoms with van der Waals surface area (Å²) in [5.74, 6) is 1.59. The van der Waals surface area contributed by atoms with Crippen LogP contribution in [0.3, 0.4) is 0 Å². The van der Waals surface area contributed by atoms with Crippen LogP contribution in [0.1, 0.15) is 19.4 Å². The summed E-state index contributed by atoms with van der Waals surface area (Å²) in [6, 6.07) is 3.63. The van der Waals surface area contributed by atoms with Crippen molar-refractivity contribution in [1.82, 2.24) is 4.90 Å². The van der Waals surface area contributed by atoms with Gasteiger partial charge in [0, 0.05) is 13.1 Å². The van der Waals surface area contributed by atoms with Gasteiger partial charge in [-0.05, 0) is 49.4 Å². The number of carbonyl (C=O) groups excluding carboxylic acids is 1. The number of benzene rings is 1. The molecule has 0 unspecified atom stereocenters. The number of ether oxygens (including phenoxy) is 3. The monoisotopic (exact) mass is 350 g/mol. The second-order valence-corrected chi connectivity index (χ2v) is 5.88. The van der Waals surface area contributed by atoms with E-state index < -0.39 is 0 Å². The highest BCUT2D eigenvalue weighted by atomic mass is 32.2. The zero-order valence-corrected chi connectivity index (χ0v) is 15.4. The van der Waals surface area contributed by atoms with E-state index >= 15 is 0 Å². The molecule has 1 aromatic carbocycles. The summed E-state index contributed by atoms with van der Waals surface area (Å²) in [4.78, 5) is 19.2. The number of amides is 1. The van der Waals surface area contributed by atoms with Gasteiger partial charge in [0.15, 0.2) is 16.7 Å². The quantitative estimate of drug-likeness (QED) is 0.738. The van der Waals surface area contributed by atoms with Crippen LogP contribution < -0.4 is 14.2 Å². The highest BCUT2D eigenvalue weighted by molar-refractivity contribution is 8.18. The zero-order valence-electron chi connectivity index (χ0n) is 14.6. The summed E-state index contributed by atoms with van der Waals surface area (Å²) in [5, 5.41) is 0.740. The Morgan fingerprint density at radius 1 is 1.12 bits per heavy atom. The van der Waals surface area contributed by atoms with Crippen molar-refractivity contribution in [3.8, 4) is 17.2 Å². The lowest BCUT2D eigenvalue weighted by Gasteiger charge is -2.13. The maximum atomic E-state index is 12.5. The van der Waals surface area contributed by atoms with Gasteiger partial charge >= 0.3 is 0 Å². The first-order valence-corrected chi connectivity index (χ1v) is 8.47. The lowest BCUT2D eigenvalue weighted by atomic mass is 10.1. The van der Waals surface area contributed by atoms with Gasteiger partial charge in [0.25, 0.3) is 5.91 Å². The van der Waals surface area contributed by atoms with E-state index in [4.69, 9.17) is 14.2 Å². The molecule has 0 saturated carbocycles. The fraction of sp³-hybridized carbons (Fsp3) is 0.412. The van der Waals surface area contributed by atoms with Crippen molar-refractivity contribution in [2.75, 3.05) is 34.4 Å². The van der Waals surface area contributed by atoms with Crippen LogP contribution in [0.5, 0.6) is 17.2 Å². The maximum Gasteiger partial charge on any atom is 0.266 e. The first kappa shape index (κ1) is 18.2. The number of likely N-dealkylation sites (N-methyl/N-ethyl adjacent to an activating group) is 1. The van der Waals surface area contributed by atoms with Gasteiger partial charge in [-0.1, -0.05) is 0 Å². The maximum absolute atomic E-state index is 12.5. The molecule has 130 valence electrons. The Morgan fingerprint density at radius 3 is 2.21 bits per heavy atom. The molecule has 1 aliphatic heterocycles. The molecule has 0 N–H and O–H groups in total. The smallest absolute Gasteiger partial charge is 0.266 e. The topological polar surface area (TPSA) is 60.4 Å². The van der Waals surface area contributed by atoms with Crippen LogP contribution in [0.25, 0.3) is 6.08 Å². The molecular formula is C17H22N2O4S. The molecular weight excluding hydrogens is 328 g/mol. The number of rotatable bonds is 6. The number of hydrogen-bond donors (Lipinski definition) is 0. The summed E-state index contributed by atoms with van der Waals surface area (Å²) in [6.45, 7) is 5.12. The molecule has 0 radical (unpaired) electrons. The number of aliphatic imine (C=N–C) groups is 1. The summed E-state index contributed by atoms with van der Waals surface area (Å²) in [5.41, 5.74) is 0.800. The fourth-order valence-corrected chi connectivity index (χ4v) is 3.48. The SMILES string of the molecule is CCN=C1S/C(=C/c2cc(OC)c(OC)c(OC)c2)C(=O)N1CC. The van der Waals surface area contributed by atoms with Gasteiger partial charge in [-0.3, -0.25) is 14.7 Å². The van der Waals surface area contributed by atoms with E-state index in [-0.39, 0.29) is 5.91 Å². The van der Waals surface area contributed by atoms with Gasteiger partial charge in [0.2, 0.25) is 5.75 Å². The summed E-state index contributed by atoms with van der Waals surface area (Å²) in [6.07, 6.45) is 1.82. The van der Waals surface area contributed by atoms with E-state index in [1.807, 2.05) is 32.1 Å². The van der Waals surface area contributed by atoms with Crippen LogP contribution in [0.4, 0.5) is 0 Å². The summed E-state index contributed by atoms with van der Waals surface area (Å²) in [7, 11) is 4.69. The molecule has 7 heteroatoms. The van der Waals surface area contributed by atoms with Crippen molar-refractivity contribution in [3.63, 3.8) is 0 Å². The number of carbonyl (C=O) groups is 1. The van der Waals surface area contributed by atoms with Crippen molar-refractivity contribution in [3.05, 3.63) is 22.6 Å². The second kappa shape index (κ2) is 8.10. The number of thioether (sulfide) groups is 1. The third-order valence-electron chi connectivity index (χ3n) is 3.48. The summed E-state index contributed by atoms with van der Waals surface area (Å²) >= 11 is 1.38. The molecule has 0 aromatic heterocycles. The Balaban J connectivity index is 2.44. The van der Waals surface area contributed by atoms with Crippen LogP contribution in [0.15, 0.2) is 22.0 Å². The lowest BCUT2D eigenvalue weighted by molar-refractivity contribution is -0.122. The molecule has 6 nitrogen and oxygen atoms in total. The Hall–Kier alpha value is -2.15. The van der Waals surface area contributed by atoms with E-state index in [2.05, 4.69) is 4.99 Å². The predicted molar refractivity (Wildman–Crippen MR) is 97.0 cm³/mol. The minimum atomic E-state index is -0.0385. The molecule has 1 aromatic rings. The Bertz CT molecular complexity index is 660. The third-order valence-corrected chi connectivity index (χ3v) is 4.53. The first-order valence-electron chi connectivity index (χ1n) is 7.65. The second-order valence-electron chi connectivity index (χ2n) is 4.88. The number of nitrogens with zero attached hydrogens (tertiary/aromatic N) is 2. The molecule has 24 heavy (non-hydrogen) atoms. The fourth-order valence-electron chi connectivity index (χ4n) is 2.38. The van der Waals surface area contributed by atoms with E-state index in [0.29, 0.717) is 35.2 Å². The van der Waals surface area contributed by atoms with Crippen LogP contribution in [0.2, 0.25) is 0 Å². The number of methoxy groups -OCH3 is 3. The highest BCUT2D eigenvalue weighted by Crippen LogP contribution is 2.40. The molecule has 0 spiro atoms. The largest absolute Gasteiger partial charge is 0.493 e. The van der Waals surface area contributed by atoms with E-state index in [1.54, 1.807) is 26.2 Å². The molecule has 0 aliphatic carbocycles. The van der Waals surface area contributed by atoms with Gasteiger partial charge < -0.3 is 14.2 Å². The average Bonchev–Trinajstić information content (AvgIpc) is 2.88. The Labute approximate surface area is 146 Å². The van der Waals surface area contributed by atoms with Crippen molar-refractivity contribution < 1.29 is 19.0 Å². The molecule has 2 rings (SSSR count). The molecule has 1 fully saturated rings. The molecule has 0 bridgehead atoms. The summed E-state index contributed by atoms with van der Waals surface area (Å²) < 4.78 is 16.0. The van der Waals surface area contributed by atoms with Gasteiger partial charge in [0.05, 0.1) is 26.2 Å². The van der Waals surface area contributed by atoms with Crippen molar-refractivity contribution in [1.29, 1.82) is 0 Å². The molecule has 1 aliphatic rings. The Morgan fingerprint density at radius 2 is 1.75 bits per heavy atom. The molecule has 1 saturated heterocycles. The first-order chi connectivity index (χ1) is 11.6. The predicted octanol–water partition coefficient (Wildman–Crippen LogP) is 3.02.